The summed E-state index contributed by atoms with van der Waals surface area (Å²) in [4.78, 5) is 20.7. The molecule has 0 radical (unpaired) electrons. The highest BCUT2D eigenvalue weighted by Gasteiger charge is 2.30. The van der Waals surface area contributed by atoms with Crippen molar-refractivity contribution in [3.05, 3.63) is 35.4 Å². The fourth-order valence-electron chi connectivity index (χ4n) is 3.76. The molecule has 25 heavy (non-hydrogen) atoms. The van der Waals surface area contributed by atoms with Gasteiger partial charge in [0.2, 0.25) is 5.91 Å². The van der Waals surface area contributed by atoms with Gasteiger partial charge in [0.25, 0.3) is 0 Å². The lowest BCUT2D eigenvalue weighted by atomic mass is 9.93. The molecule has 5 heteroatoms. The summed E-state index contributed by atoms with van der Waals surface area (Å²) in [6.45, 7) is 9.04. The Morgan fingerprint density at radius 2 is 2.00 bits per heavy atom. The fraction of sp³-hybridized carbons (Fsp3) is 0.600. The molecule has 2 fully saturated rings. The van der Waals surface area contributed by atoms with Crippen LogP contribution in [0.3, 0.4) is 0 Å². The Balaban J connectivity index is 1.63. The molecular weight excluding hydrogens is 312 g/mol. The molecule has 1 N–H and O–H groups in total. The van der Waals surface area contributed by atoms with E-state index in [0.717, 1.165) is 38.6 Å². The van der Waals surface area contributed by atoms with Crippen molar-refractivity contribution in [3.8, 4) is 0 Å². The summed E-state index contributed by atoms with van der Waals surface area (Å²) < 4.78 is 0. The molecule has 2 heterocycles. The molecule has 1 aromatic rings. The van der Waals surface area contributed by atoms with E-state index in [9.17, 15) is 4.79 Å². The number of nitrogens with zero attached hydrogens (tertiary/aromatic N) is 3. The zero-order valence-electron chi connectivity index (χ0n) is 15.7. The van der Waals surface area contributed by atoms with E-state index in [4.69, 9.17) is 0 Å². The zero-order valence-corrected chi connectivity index (χ0v) is 15.7. The van der Waals surface area contributed by atoms with Crippen LogP contribution < -0.4 is 5.32 Å². The molecule has 0 spiro atoms. The van der Waals surface area contributed by atoms with E-state index < -0.39 is 0 Å². The number of carbonyl (C=O) groups is 1. The summed E-state index contributed by atoms with van der Waals surface area (Å²) in [5.41, 5.74) is 2.82. The lowest BCUT2D eigenvalue weighted by molar-refractivity contribution is -0.128. The van der Waals surface area contributed by atoms with Gasteiger partial charge in [-0.25, -0.2) is 0 Å². The molecular formula is C20H30N4O. The second-order valence-electron chi connectivity index (χ2n) is 7.92. The monoisotopic (exact) mass is 342 g/mol. The van der Waals surface area contributed by atoms with Crippen LogP contribution in [-0.2, 0) is 17.9 Å². The van der Waals surface area contributed by atoms with Crippen LogP contribution in [0, 0.1) is 5.41 Å². The predicted octanol–water partition coefficient (Wildman–Crippen LogP) is 2.62. The molecule has 136 valence electrons. The minimum absolute atomic E-state index is 0.276. The first-order chi connectivity index (χ1) is 12.0. The molecule has 0 aliphatic carbocycles. The first kappa shape index (κ1) is 17.8. The number of amides is 1. The van der Waals surface area contributed by atoms with Crippen LogP contribution in [0.2, 0.25) is 0 Å². The Bertz CT molecular complexity index is 653. The van der Waals surface area contributed by atoms with Crippen LogP contribution in [0.1, 0.15) is 44.2 Å². The van der Waals surface area contributed by atoms with Gasteiger partial charge in [-0.05, 0) is 29.4 Å². The quantitative estimate of drug-likeness (QED) is 0.676. The first-order valence-corrected chi connectivity index (χ1v) is 9.29. The van der Waals surface area contributed by atoms with Gasteiger partial charge in [0.15, 0.2) is 5.96 Å². The maximum atomic E-state index is 11.9. The van der Waals surface area contributed by atoms with Crippen LogP contribution in [0.15, 0.2) is 29.3 Å². The van der Waals surface area contributed by atoms with E-state index in [1.807, 2.05) is 11.9 Å². The van der Waals surface area contributed by atoms with Crippen molar-refractivity contribution in [1.29, 1.82) is 0 Å². The largest absolute Gasteiger partial charge is 0.352 e. The number of hydrogen-bond acceptors (Lipinski definition) is 2. The summed E-state index contributed by atoms with van der Waals surface area (Å²) in [7, 11) is 1.85. The number of benzene rings is 1. The summed E-state index contributed by atoms with van der Waals surface area (Å²) in [5.74, 6) is 1.25. The molecule has 0 bridgehead atoms. The highest BCUT2D eigenvalue weighted by Crippen LogP contribution is 2.28. The molecule has 0 atom stereocenters. The van der Waals surface area contributed by atoms with Crippen molar-refractivity contribution in [2.75, 3.05) is 26.7 Å². The Kier molecular flexibility index (Phi) is 5.30. The van der Waals surface area contributed by atoms with Gasteiger partial charge in [0.05, 0.1) is 0 Å². The van der Waals surface area contributed by atoms with E-state index in [-0.39, 0.29) is 5.91 Å². The Hall–Kier alpha value is -2.04. The number of nitrogens with one attached hydrogen (secondary N) is 1. The average molecular weight is 342 g/mol. The third kappa shape index (κ3) is 4.33. The number of carbonyl (C=O) groups excluding carboxylic acids is 1. The van der Waals surface area contributed by atoms with Gasteiger partial charge in [-0.2, -0.15) is 0 Å². The predicted molar refractivity (Wildman–Crippen MR) is 101 cm³/mol. The molecule has 3 rings (SSSR count). The Morgan fingerprint density at radius 1 is 1.24 bits per heavy atom. The average Bonchev–Trinajstić information content (AvgIpc) is 3.15. The standard InChI is InChI=1S/C20H30N4O/c1-20(2)10-12-24(15-20)19(21-3)22-13-16-7-4-5-8-17(16)14-23-11-6-9-18(23)25/h4-5,7-8H,6,9-15H2,1-3H3,(H,21,22). The van der Waals surface area contributed by atoms with Crippen molar-refractivity contribution >= 4 is 11.9 Å². The summed E-state index contributed by atoms with van der Waals surface area (Å²) in [5, 5.41) is 3.51. The van der Waals surface area contributed by atoms with Crippen molar-refractivity contribution < 1.29 is 4.79 Å². The van der Waals surface area contributed by atoms with Crippen LogP contribution in [-0.4, -0.2) is 48.3 Å². The fourth-order valence-corrected chi connectivity index (χ4v) is 3.76. The summed E-state index contributed by atoms with van der Waals surface area (Å²) >= 11 is 0. The minimum atomic E-state index is 0.276. The number of likely N-dealkylation sites (tertiary alicyclic amines) is 2. The lowest BCUT2D eigenvalue weighted by Crippen LogP contribution is -2.40. The molecule has 0 unspecified atom stereocenters. The topological polar surface area (TPSA) is 47.9 Å². The molecule has 2 aliphatic rings. The van der Waals surface area contributed by atoms with Crippen LogP contribution in [0.4, 0.5) is 0 Å². The smallest absolute Gasteiger partial charge is 0.222 e. The maximum absolute atomic E-state index is 11.9. The molecule has 1 aromatic carbocycles. The highest BCUT2D eigenvalue weighted by molar-refractivity contribution is 5.80. The third-order valence-corrected chi connectivity index (χ3v) is 5.28. The van der Waals surface area contributed by atoms with Crippen LogP contribution in [0.5, 0.6) is 0 Å². The van der Waals surface area contributed by atoms with Gasteiger partial charge in [-0.1, -0.05) is 38.1 Å². The van der Waals surface area contributed by atoms with E-state index in [1.54, 1.807) is 0 Å². The number of rotatable bonds is 4. The second-order valence-corrected chi connectivity index (χ2v) is 7.92. The van der Waals surface area contributed by atoms with Crippen LogP contribution >= 0.6 is 0 Å². The molecule has 2 aliphatic heterocycles. The van der Waals surface area contributed by atoms with Crippen molar-refractivity contribution in [2.24, 2.45) is 10.4 Å². The summed E-state index contributed by atoms with van der Waals surface area (Å²) in [6, 6.07) is 8.39. The Labute approximate surface area is 151 Å². The zero-order chi connectivity index (χ0) is 17.9. The second kappa shape index (κ2) is 7.46. The van der Waals surface area contributed by atoms with Gasteiger partial charge in [-0.15, -0.1) is 0 Å². The maximum Gasteiger partial charge on any atom is 0.222 e. The van der Waals surface area contributed by atoms with Gasteiger partial charge in [0, 0.05) is 46.2 Å². The first-order valence-electron chi connectivity index (χ1n) is 9.29. The van der Waals surface area contributed by atoms with Gasteiger partial charge < -0.3 is 15.1 Å². The van der Waals surface area contributed by atoms with Gasteiger partial charge in [-0.3, -0.25) is 9.79 Å². The van der Waals surface area contributed by atoms with Gasteiger partial charge in [0.1, 0.15) is 0 Å². The van der Waals surface area contributed by atoms with Crippen LogP contribution in [0.25, 0.3) is 0 Å². The molecule has 0 saturated carbocycles. The number of aliphatic imine (C=N–C) groups is 1. The van der Waals surface area contributed by atoms with E-state index >= 15 is 0 Å². The summed E-state index contributed by atoms with van der Waals surface area (Å²) in [6.07, 6.45) is 2.87. The SMILES string of the molecule is CN=C(NCc1ccccc1CN1CCCC1=O)N1CCC(C)(C)C1. The van der Waals surface area contributed by atoms with E-state index in [2.05, 4.69) is 53.3 Å². The normalized spacial score (nSPS) is 20.4. The lowest BCUT2D eigenvalue weighted by Gasteiger charge is -2.24. The van der Waals surface area contributed by atoms with Crippen molar-refractivity contribution in [3.63, 3.8) is 0 Å². The number of hydrogen-bond donors (Lipinski definition) is 1. The van der Waals surface area contributed by atoms with E-state index in [0.29, 0.717) is 18.4 Å². The Morgan fingerprint density at radius 3 is 2.60 bits per heavy atom. The molecule has 2 saturated heterocycles. The molecule has 5 nitrogen and oxygen atoms in total. The molecule has 0 aromatic heterocycles. The van der Waals surface area contributed by atoms with Gasteiger partial charge >= 0.3 is 0 Å². The van der Waals surface area contributed by atoms with Crippen molar-refractivity contribution in [2.45, 2.75) is 46.2 Å². The third-order valence-electron chi connectivity index (χ3n) is 5.28. The minimum Gasteiger partial charge on any atom is -0.352 e. The molecule has 1 amide bonds. The van der Waals surface area contributed by atoms with E-state index in [1.165, 1.54) is 17.5 Å². The highest BCUT2D eigenvalue weighted by atomic mass is 16.2. The van der Waals surface area contributed by atoms with Crippen molar-refractivity contribution in [1.82, 2.24) is 15.1 Å². The number of guanidine groups is 1.